The first-order valence-electron chi connectivity index (χ1n) is 6.90. The highest BCUT2D eigenvalue weighted by Crippen LogP contribution is 2.30. The Kier molecular flexibility index (Phi) is 4.15. The number of amides is 1. The van der Waals surface area contributed by atoms with E-state index < -0.39 is 5.97 Å². The molecule has 1 aromatic rings. The number of hydrogen-bond acceptors (Lipinski definition) is 5. The highest BCUT2D eigenvalue weighted by molar-refractivity contribution is 8.16. The third-order valence-corrected chi connectivity index (χ3v) is 4.33. The van der Waals surface area contributed by atoms with Crippen molar-refractivity contribution in [2.75, 3.05) is 18.4 Å². The summed E-state index contributed by atoms with van der Waals surface area (Å²) in [6.45, 7) is 1.62. The molecule has 22 heavy (non-hydrogen) atoms. The molecule has 114 valence electrons. The molecule has 1 aromatic carbocycles. The number of carbonyl (C=O) groups excluding carboxylic acids is 1. The van der Waals surface area contributed by atoms with E-state index in [1.807, 2.05) is 5.41 Å². The maximum absolute atomic E-state index is 12.1. The molecule has 0 aromatic heterocycles. The van der Waals surface area contributed by atoms with Crippen LogP contribution in [-0.2, 0) is 16.0 Å². The van der Waals surface area contributed by atoms with Crippen molar-refractivity contribution in [3.63, 3.8) is 0 Å². The monoisotopic (exact) mass is 317 g/mol. The maximum atomic E-state index is 12.1. The van der Waals surface area contributed by atoms with Crippen LogP contribution in [0.15, 0.2) is 40.4 Å². The van der Waals surface area contributed by atoms with Crippen LogP contribution >= 0.6 is 11.8 Å². The van der Waals surface area contributed by atoms with Crippen molar-refractivity contribution in [2.45, 2.75) is 12.8 Å². The lowest BCUT2D eigenvalue weighted by Crippen LogP contribution is -2.24. The molecule has 0 atom stereocenters. The fourth-order valence-electron chi connectivity index (χ4n) is 2.37. The van der Waals surface area contributed by atoms with Gasteiger partial charge in [0.1, 0.15) is 0 Å². The van der Waals surface area contributed by atoms with Gasteiger partial charge in [-0.25, -0.2) is 0 Å². The molecule has 2 aliphatic rings. The fraction of sp³-hybridized carbons (Fsp3) is 0.267. The number of nitrogens with one attached hydrogen (secondary N) is 1. The predicted molar refractivity (Wildman–Crippen MR) is 85.7 cm³/mol. The summed E-state index contributed by atoms with van der Waals surface area (Å²) in [7, 11) is 0. The van der Waals surface area contributed by atoms with Crippen molar-refractivity contribution >= 4 is 34.5 Å². The molecular weight excluding hydrogens is 302 g/mol. The van der Waals surface area contributed by atoms with Gasteiger partial charge in [-0.15, -0.1) is 0 Å². The Labute approximate surface area is 131 Å². The molecule has 2 heterocycles. The van der Waals surface area contributed by atoms with Crippen molar-refractivity contribution in [3.05, 3.63) is 40.9 Å². The molecule has 3 rings (SSSR count). The summed E-state index contributed by atoms with van der Waals surface area (Å²) in [5.41, 5.74) is 2.35. The van der Waals surface area contributed by atoms with Crippen LogP contribution in [0.1, 0.15) is 12.0 Å². The van der Waals surface area contributed by atoms with Crippen molar-refractivity contribution < 1.29 is 14.7 Å². The third-order valence-electron chi connectivity index (χ3n) is 3.38. The van der Waals surface area contributed by atoms with Gasteiger partial charge in [0, 0.05) is 17.9 Å². The van der Waals surface area contributed by atoms with E-state index in [0.717, 1.165) is 24.0 Å². The van der Waals surface area contributed by atoms with Crippen molar-refractivity contribution in [2.24, 2.45) is 4.99 Å². The average molecular weight is 317 g/mol. The van der Waals surface area contributed by atoms with E-state index in [0.29, 0.717) is 17.7 Å². The lowest BCUT2D eigenvalue weighted by molar-refractivity contribution is -0.136. The van der Waals surface area contributed by atoms with E-state index >= 15 is 0 Å². The van der Waals surface area contributed by atoms with E-state index in [-0.39, 0.29) is 12.3 Å². The van der Waals surface area contributed by atoms with Crippen LogP contribution in [0.25, 0.3) is 0 Å². The van der Waals surface area contributed by atoms with Crippen LogP contribution in [0, 0.1) is 0 Å². The zero-order valence-corrected chi connectivity index (χ0v) is 12.6. The standard InChI is InChI=1S/C15H15N3O3S/c19-13(8-12-9-22-15-16-5-6-18(12)15)17-11-3-1-10(2-4-11)7-14(20)21/h1-4,9H,5-8H2,(H,17,19)(H,20,21). The van der Waals surface area contributed by atoms with Crippen LogP contribution in [0.5, 0.6) is 0 Å². The third kappa shape index (κ3) is 3.30. The molecule has 0 saturated carbocycles. The fourth-order valence-corrected chi connectivity index (χ4v) is 3.32. The van der Waals surface area contributed by atoms with Gasteiger partial charge in [-0.2, -0.15) is 0 Å². The second kappa shape index (κ2) is 6.23. The quantitative estimate of drug-likeness (QED) is 0.867. The number of carbonyl (C=O) groups is 2. The van der Waals surface area contributed by atoms with Gasteiger partial charge in [-0.3, -0.25) is 14.6 Å². The summed E-state index contributed by atoms with van der Waals surface area (Å²) in [6, 6.07) is 6.85. The van der Waals surface area contributed by atoms with Crippen molar-refractivity contribution in [1.29, 1.82) is 0 Å². The lowest BCUT2D eigenvalue weighted by atomic mass is 10.1. The highest BCUT2D eigenvalue weighted by Gasteiger charge is 2.27. The summed E-state index contributed by atoms with van der Waals surface area (Å²) in [6.07, 6.45) is 0.290. The number of fused-ring (bicyclic) bond motifs is 1. The summed E-state index contributed by atoms with van der Waals surface area (Å²) in [5.74, 6) is -0.962. The second-order valence-corrected chi connectivity index (χ2v) is 5.87. The summed E-state index contributed by atoms with van der Waals surface area (Å²) >= 11 is 1.56. The summed E-state index contributed by atoms with van der Waals surface area (Å²) in [5, 5.41) is 14.5. The topological polar surface area (TPSA) is 82.0 Å². The number of amidine groups is 1. The smallest absolute Gasteiger partial charge is 0.307 e. The van der Waals surface area contributed by atoms with E-state index in [9.17, 15) is 9.59 Å². The lowest BCUT2D eigenvalue weighted by Gasteiger charge is -2.16. The van der Waals surface area contributed by atoms with E-state index in [1.54, 1.807) is 36.0 Å². The Morgan fingerprint density at radius 1 is 1.27 bits per heavy atom. The molecule has 7 heteroatoms. The number of anilines is 1. The van der Waals surface area contributed by atoms with E-state index in [2.05, 4.69) is 15.2 Å². The Bertz CT molecular complexity index is 667. The Balaban J connectivity index is 1.56. The minimum atomic E-state index is -0.870. The number of aliphatic carboxylic acids is 1. The zero-order valence-electron chi connectivity index (χ0n) is 11.8. The Morgan fingerprint density at radius 2 is 2.05 bits per heavy atom. The number of hydrogen-bond donors (Lipinski definition) is 2. The minimum absolute atomic E-state index is 0.0184. The molecule has 0 saturated heterocycles. The molecular formula is C15H15N3O3S. The number of benzene rings is 1. The highest BCUT2D eigenvalue weighted by atomic mass is 32.2. The molecule has 0 radical (unpaired) electrons. The first-order chi connectivity index (χ1) is 10.6. The SMILES string of the molecule is O=C(O)Cc1ccc(NC(=O)CC2=CSC3=NCCN23)cc1. The van der Waals surface area contributed by atoms with Crippen molar-refractivity contribution in [3.8, 4) is 0 Å². The van der Waals surface area contributed by atoms with Gasteiger partial charge in [0.2, 0.25) is 5.91 Å². The Morgan fingerprint density at radius 3 is 2.77 bits per heavy atom. The molecule has 2 aliphatic heterocycles. The van der Waals surface area contributed by atoms with Gasteiger partial charge in [-0.1, -0.05) is 23.9 Å². The minimum Gasteiger partial charge on any atom is -0.481 e. The van der Waals surface area contributed by atoms with E-state index in [1.165, 1.54) is 0 Å². The largest absolute Gasteiger partial charge is 0.481 e. The molecule has 0 fully saturated rings. The van der Waals surface area contributed by atoms with Crippen LogP contribution < -0.4 is 5.32 Å². The average Bonchev–Trinajstić information content (AvgIpc) is 3.05. The number of nitrogens with zero attached hydrogens (tertiary/aromatic N) is 2. The molecule has 6 nitrogen and oxygen atoms in total. The second-order valence-electron chi connectivity index (χ2n) is 5.04. The normalized spacial score (nSPS) is 16.1. The zero-order chi connectivity index (χ0) is 15.5. The van der Waals surface area contributed by atoms with E-state index in [4.69, 9.17) is 5.11 Å². The number of carboxylic acids is 1. The molecule has 2 N–H and O–H groups in total. The van der Waals surface area contributed by atoms with Crippen LogP contribution in [0.3, 0.4) is 0 Å². The number of carboxylic acid groups (broad SMARTS) is 1. The predicted octanol–water partition coefficient (Wildman–Crippen LogP) is 1.90. The number of rotatable bonds is 5. The molecule has 0 spiro atoms. The first kappa shape index (κ1) is 14.6. The molecule has 0 unspecified atom stereocenters. The first-order valence-corrected chi connectivity index (χ1v) is 7.78. The molecule has 0 bridgehead atoms. The van der Waals surface area contributed by atoms with Crippen LogP contribution in [0.4, 0.5) is 5.69 Å². The van der Waals surface area contributed by atoms with Crippen molar-refractivity contribution in [1.82, 2.24) is 4.90 Å². The van der Waals surface area contributed by atoms with Gasteiger partial charge in [-0.05, 0) is 23.1 Å². The number of thioether (sulfide) groups is 1. The van der Waals surface area contributed by atoms with Gasteiger partial charge < -0.3 is 15.3 Å². The van der Waals surface area contributed by atoms with Gasteiger partial charge in [0.15, 0.2) is 5.17 Å². The number of aliphatic imine (C=N–C) groups is 1. The Hall–Kier alpha value is -2.28. The summed E-state index contributed by atoms with van der Waals surface area (Å²) in [4.78, 5) is 29.1. The molecule has 1 amide bonds. The molecule has 0 aliphatic carbocycles. The van der Waals surface area contributed by atoms with Gasteiger partial charge >= 0.3 is 5.97 Å². The van der Waals surface area contributed by atoms with Gasteiger partial charge in [0.05, 0.1) is 19.4 Å². The van der Waals surface area contributed by atoms with Crippen LogP contribution in [0.2, 0.25) is 0 Å². The maximum Gasteiger partial charge on any atom is 0.307 e. The van der Waals surface area contributed by atoms with Gasteiger partial charge in [0.25, 0.3) is 0 Å². The van der Waals surface area contributed by atoms with Crippen LogP contribution in [-0.4, -0.2) is 40.1 Å². The summed E-state index contributed by atoms with van der Waals surface area (Å²) < 4.78 is 0.